The Labute approximate surface area is 108 Å². The largest absolute Gasteiger partial charge is 0.280 e. The van der Waals surface area contributed by atoms with Gasteiger partial charge in [-0.3, -0.25) is 9.82 Å². The number of benzene rings is 1. The van der Waals surface area contributed by atoms with Gasteiger partial charge in [-0.1, -0.05) is 6.92 Å². The van der Waals surface area contributed by atoms with Crippen molar-refractivity contribution >= 4 is 15.8 Å². The highest BCUT2D eigenvalue weighted by Crippen LogP contribution is 2.19. The average molecular weight is 287 g/mol. The number of nitrogens with zero attached hydrogens (tertiary/aromatic N) is 1. The van der Waals surface area contributed by atoms with Crippen LogP contribution in [-0.2, 0) is 16.4 Å². The molecule has 8 heteroatoms. The molecule has 19 heavy (non-hydrogen) atoms. The van der Waals surface area contributed by atoms with Crippen LogP contribution in [0, 0.1) is 11.6 Å². The molecule has 0 bridgehead atoms. The molecule has 2 rings (SSSR count). The van der Waals surface area contributed by atoms with Gasteiger partial charge in [-0.05, 0) is 24.6 Å². The number of aromatic amines is 1. The number of halogens is 2. The number of H-pyrrole nitrogens is 1. The molecule has 1 aromatic heterocycles. The lowest BCUT2D eigenvalue weighted by Crippen LogP contribution is -2.15. The molecule has 0 fully saturated rings. The summed E-state index contributed by atoms with van der Waals surface area (Å²) in [7, 11) is -4.21. The van der Waals surface area contributed by atoms with E-state index in [1.165, 1.54) is 6.07 Å². The van der Waals surface area contributed by atoms with Crippen molar-refractivity contribution in [3.8, 4) is 0 Å². The number of aromatic nitrogens is 2. The first-order valence-electron chi connectivity index (χ1n) is 5.44. The maximum absolute atomic E-state index is 13.4. The van der Waals surface area contributed by atoms with Crippen LogP contribution in [0.4, 0.5) is 14.6 Å². The van der Waals surface area contributed by atoms with Crippen LogP contribution in [-0.4, -0.2) is 18.6 Å². The van der Waals surface area contributed by atoms with Crippen LogP contribution < -0.4 is 4.72 Å². The zero-order valence-electron chi connectivity index (χ0n) is 9.94. The predicted octanol–water partition coefficient (Wildman–Crippen LogP) is 2.05. The van der Waals surface area contributed by atoms with E-state index in [0.717, 1.165) is 17.8 Å². The summed E-state index contributed by atoms with van der Waals surface area (Å²) in [6.45, 7) is 1.86. The molecule has 2 aromatic rings. The van der Waals surface area contributed by atoms with Crippen molar-refractivity contribution in [2.24, 2.45) is 0 Å². The minimum absolute atomic E-state index is 0.0283. The van der Waals surface area contributed by atoms with E-state index >= 15 is 0 Å². The number of anilines is 1. The van der Waals surface area contributed by atoms with Crippen LogP contribution in [0.15, 0.2) is 29.2 Å². The maximum atomic E-state index is 13.4. The molecule has 0 saturated heterocycles. The van der Waals surface area contributed by atoms with Gasteiger partial charge in [0.15, 0.2) is 5.82 Å². The second kappa shape index (κ2) is 4.96. The van der Waals surface area contributed by atoms with Gasteiger partial charge in [0.1, 0.15) is 16.5 Å². The van der Waals surface area contributed by atoms with Gasteiger partial charge in [0.05, 0.1) is 0 Å². The fourth-order valence-electron chi connectivity index (χ4n) is 1.47. The quantitative estimate of drug-likeness (QED) is 0.903. The first-order chi connectivity index (χ1) is 8.92. The van der Waals surface area contributed by atoms with Gasteiger partial charge in [-0.15, -0.1) is 0 Å². The third-order valence-corrected chi connectivity index (χ3v) is 3.80. The third kappa shape index (κ3) is 2.90. The van der Waals surface area contributed by atoms with Gasteiger partial charge in [-0.25, -0.2) is 17.2 Å². The molecule has 0 unspecified atom stereocenters. The van der Waals surface area contributed by atoms with E-state index in [-0.39, 0.29) is 5.82 Å². The molecule has 0 saturated carbocycles. The molecule has 0 atom stereocenters. The fourth-order valence-corrected chi connectivity index (χ4v) is 2.55. The molecular formula is C11H11F2N3O2S. The Morgan fingerprint density at radius 2 is 2.05 bits per heavy atom. The second-order valence-corrected chi connectivity index (χ2v) is 5.46. The molecule has 0 aliphatic carbocycles. The Morgan fingerprint density at radius 3 is 2.68 bits per heavy atom. The van der Waals surface area contributed by atoms with E-state index in [1.54, 1.807) is 0 Å². The van der Waals surface area contributed by atoms with E-state index in [2.05, 4.69) is 14.9 Å². The zero-order chi connectivity index (χ0) is 14.0. The Morgan fingerprint density at radius 1 is 1.32 bits per heavy atom. The van der Waals surface area contributed by atoms with Gasteiger partial charge in [0, 0.05) is 11.8 Å². The monoisotopic (exact) mass is 287 g/mol. The van der Waals surface area contributed by atoms with E-state index < -0.39 is 26.6 Å². The smallest absolute Gasteiger partial charge is 0.266 e. The number of hydrogen-bond acceptors (Lipinski definition) is 3. The molecule has 0 aliphatic heterocycles. The summed E-state index contributed by atoms with van der Waals surface area (Å²) >= 11 is 0. The molecule has 0 amide bonds. The summed E-state index contributed by atoms with van der Waals surface area (Å²) < 4.78 is 52.3. The topological polar surface area (TPSA) is 74.8 Å². The summed E-state index contributed by atoms with van der Waals surface area (Å²) in [5, 5.41) is 6.33. The highest BCUT2D eigenvalue weighted by Gasteiger charge is 2.21. The molecular weight excluding hydrogens is 276 g/mol. The van der Waals surface area contributed by atoms with Crippen LogP contribution in [0.1, 0.15) is 12.6 Å². The van der Waals surface area contributed by atoms with Crippen LogP contribution in [0.25, 0.3) is 0 Å². The van der Waals surface area contributed by atoms with Crippen molar-refractivity contribution in [2.75, 3.05) is 4.72 Å². The van der Waals surface area contributed by atoms with Gasteiger partial charge >= 0.3 is 0 Å². The van der Waals surface area contributed by atoms with Gasteiger partial charge in [-0.2, -0.15) is 5.10 Å². The highest BCUT2D eigenvalue weighted by molar-refractivity contribution is 7.92. The number of sulfonamides is 1. The van der Waals surface area contributed by atoms with Crippen molar-refractivity contribution in [1.82, 2.24) is 10.2 Å². The molecule has 0 radical (unpaired) electrons. The second-order valence-electron chi connectivity index (χ2n) is 3.81. The van der Waals surface area contributed by atoms with E-state index in [9.17, 15) is 17.2 Å². The normalized spacial score (nSPS) is 11.5. The zero-order valence-corrected chi connectivity index (χ0v) is 10.8. The Kier molecular flexibility index (Phi) is 3.52. The maximum Gasteiger partial charge on any atom is 0.266 e. The van der Waals surface area contributed by atoms with E-state index in [4.69, 9.17) is 0 Å². The fraction of sp³-hybridized carbons (Fsp3) is 0.182. The van der Waals surface area contributed by atoms with Crippen LogP contribution in [0.5, 0.6) is 0 Å². The van der Waals surface area contributed by atoms with Crippen molar-refractivity contribution in [1.29, 1.82) is 0 Å². The third-order valence-electron chi connectivity index (χ3n) is 2.43. The van der Waals surface area contributed by atoms with Crippen LogP contribution >= 0.6 is 0 Å². The minimum atomic E-state index is -4.21. The number of nitrogens with one attached hydrogen (secondary N) is 2. The van der Waals surface area contributed by atoms with Crippen LogP contribution in [0.3, 0.4) is 0 Å². The lowest BCUT2D eigenvalue weighted by Gasteiger charge is -2.06. The Balaban J connectivity index is 2.34. The molecule has 1 aromatic carbocycles. The Hall–Kier alpha value is -1.96. The van der Waals surface area contributed by atoms with Crippen molar-refractivity contribution in [2.45, 2.75) is 18.2 Å². The minimum Gasteiger partial charge on any atom is -0.280 e. The molecule has 2 N–H and O–H groups in total. The molecule has 5 nitrogen and oxygen atoms in total. The van der Waals surface area contributed by atoms with Gasteiger partial charge in [0.25, 0.3) is 10.0 Å². The number of aryl methyl sites for hydroxylation is 1. The number of rotatable bonds is 4. The van der Waals surface area contributed by atoms with Gasteiger partial charge in [0.2, 0.25) is 0 Å². The van der Waals surface area contributed by atoms with Crippen molar-refractivity contribution in [3.05, 3.63) is 41.6 Å². The van der Waals surface area contributed by atoms with Crippen LogP contribution in [0.2, 0.25) is 0 Å². The molecule has 0 aliphatic rings. The molecule has 102 valence electrons. The lowest BCUT2D eigenvalue weighted by molar-refractivity contribution is 0.555. The van der Waals surface area contributed by atoms with Crippen molar-refractivity contribution in [3.63, 3.8) is 0 Å². The predicted molar refractivity (Wildman–Crippen MR) is 65.1 cm³/mol. The summed E-state index contributed by atoms with van der Waals surface area (Å²) in [6, 6.07) is 3.70. The molecule has 1 heterocycles. The lowest BCUT2D eigenvalue weighted by atomic mass is 10.3. The summed E-state index contributed by atoms with van der Waals surface area (Å²) in [5.74, 6) is -1.83. The molecule has 0 spiro atoms. The van der Waals surface area contributed by atoms with E-state index in [0.29, 0.717) is 12.5 Å². The van der Waals surface area contributed by atoms with E-state index in [1.807, 2.05) is 6.92 Å². The summed E-state index contributed by atoms with van der Waals surface area (Å²) in [5.41, 5.74) is 0.720. The first kappa shape index (κ1) is 13.5. The standard InChI is InChI=1S/C11H11F2N3O2S/c1-2-8-6-11(15-14-8)16-19(17,18)10-5-7(12)3-4-9(10)13/h3-6H,2H2,1H3,(H2,14,15,16). The van der Waals surface area contributed by atoms with Gasteiger partial charge < -0.3 is 0 Å². The number of hydrogen-bond donors (Lipinski definition) is 2. The van der Waals surface area contributed by atoms with Crippen molar-refractivity contribution < 1.29 is 17.2 Å². The highest BCUT2D eigenvalue weighted by atomic mass is 32.2. The Bertz CT molecular complexity index is 698. The summed E-state index contributed by atoms with van der Waals surface area (Å²) in [6.07, 6.45) is 0.642. The SMILES string of the molecule is CCc1cc(NS(=O)(=O)c2cc(F)ccc2F)n[nH]1. The summed E-state index contributed by atoms with van der Waals surface area (Å²) in [4.78, 5) is -0.756. The first-order valence-corrected chi connectivity index (χ1v) is 6.93. The average Bonchev–Trinajstić information content (AvgIpc) is 2.79.